The van der Waals surface area contributed by atoms with Crippen LogP contribution in [0.5, 0.6) is 11.5 Å². The lowest BCUT2D eigenvalue weighted by Crippen LogP contribution is -2.39. The van der Waals surface area contributed by atoms with E-state index in [-0.39, 0.29) is 35.7 Å². The third-order valence-corrected chi connectivity index (χ3v) is 7.03. The summed E-state index contributed by atoms with van der Waals surface area (Å²) in [6.45, 7) is 4.20. The number of halogens is 3. The lowest BCUT2D eigenvalue weighted by atomic mass is 9.97. The van der Waals surface area contributed by atoms with Gasteiger partial charge in [-0.25, -0.2) is 9.59 Å². The molecule has 2 aromatic carbocycles. The van der Waals surface area contributed by atoms with Crippen molar-refractivity contribution in [3.05, 3.63) is 77.4 Å². The second-order valence-electron chi connectivity index (χ2n) is 10.7. The minimum atomic E-state index is -4.83. The van der Waals surface area contributed by atoms with E-state index < -0.39 is 54.2 Å². The van der Waals surface area contributed by atoms with Gasteiger partial charge in [-0.1, -0.05) is 36.4 Å². The van der Waals surface area contributed by atoms with Crippen LogP contribution in [0.2, 0.25) is 0 Å². The van der Waals surface area contributed by atoms with Gasteiger partial charge in [-0.05, 0) is 57.0 Å². The molecule has 238 valence electrons. The highest BCUT2D eigenvalue weighted by Gasteiger charge is 2.47. The molecule has 0 N–H and O–H groups in total. The average Bonchev–Trinajstić information content (AvgIpc) is 3.28. The highest BCUT2D eigenvalue weighted by atomic mass is 19.4. The first-order chi connectivity index (χ1) is 20.8. The number of hydrogen-bond donors (Lipinski definition) is 0. The van der Waals surface area contributed by atoms with E-state index in [1.165, 1.54) is 38.5 Å². The molecule has 0 aromatic heterocycles. The predicted octanol–water partition coefficient (Wildman–Crippen LogP) is 6.12. The van der Waals surface area contributed by atoms with E-state index in [1.54, 1.807) is 44.2 Å². The number of carbonyl (C=O) groups is 2. The smallest absolute Gasteiger partial charge is 0.398 e. The number of methoxy groups -OCH3 is 2. The van der Waals surface area contributed by atoms with Crippen molar-refractivity contribution in [2.75, 3.05) is 21.0 Å². The molecule has 4 rings (SSSR count). The SMILES string of the molecule is COCOc1cc(OC)cc2c1C(=O)OC(C)C(C(F)(F)F)/C=C\C(OC(=O)c1ccccc1)C1OC(C)(C)OC1CC=C2. The summed E-state index contributed by atoms with van der Waals surface area (Å²) in [7, 11) is 2.80. The largest absolute Gasteiger partial charge is 0.497 e. The molecule has 2 aromatic rings. The molecule has 44 heavy (non-hydrogen) atoms. The Morgan fingerprint density at radius 2 is 1.80 bits per heavy atom. The van der Waals surface area contributed by atoms with E-state index >= 15 is 0 Å². The summed E-state index contributed by atoms with van der Waals surface area (Å²) in [5.74, 6) is -4.87. The Kier molecular flexibility index (Phi) is 10.4. The van der Waals surface area contributed by atoms with Gasteiger partial charge in [0, 0.05) is 13.2 Å². The minimum absolute atomic E-state index is 0.00147. The van der Waals surface area contributed by atoms with Gasteiger partial charge in [0.1, 0.15) is 41.3 Å². The fourth-order valence-corrected chi connectivity index (χ4v) is 5.01. The van der Waals surface area contributed by atoms with Crippen molar-refractivity contribution in [2.24, 2.45) is 5.92 Å². The molecule has 1 saturated heterocycles. The Balaban J connectivity index is 1.82. The molecular weight excluding hydrogens is 585 g/mol. The number of fused-ring (bicyclic) bond motifs is 2. The number of esters is 2. The van der Waals surface area contributed by atoms with Gasteiger partial charge in [-0.15, -0.1) is 0 Å². The van der Waals surface area contributed by atoms with E-state index in [0.29, 0.717) is 5.75 Å². The van der Waals surface area contributed by atoms with Gasteiger partial charge in [0.05, 0.1) is 18.8 Å². The topological polar surface area (TPSA) is 98.8 Å². The third kappa shape index (κ3) is 7.99. The number of cyclic esters (lactones) is 1. The number of benzene rings is 2. The van der Waals surface area contributed by atoms with Crippen molar-refractivity contribution in [2.45, 2.75) is 63.6 Å². The second kappa shape index (κ2) is 13.8. The monoisotopic (exact) mass is 620 g/mol. The molecule has 2 aliphatic heterocycles. The molecule has 5 unspecified atom stereocenters. The molecular formula is C32H35F3O9. The minimum Gasteiger partial charge on any atom is -0.497 e. The summed E-state index contributed by atoms with van der Waals surface area (Å²) >= 11 is 0. The molecule has 5 atom stereocenters. The van der Waals surface area contributed by atoms with Crippen molar-refractivity contribution in [3.63, 3.8) is 0 Å². The van der Waals surface area contributed by atoms with Crippen molar-refractivity contribution >= 4 is 18.0 Å². The Morgan fingerprint density at radius 3 is 2.45 bits per heavy atom. The van der Waals surface area contributed by atoms with Gasteiger partial charge in [-0.3, -0.25) is 0 Å². The molecule has 2 aliphatic rings. The van der Waals surface area contributed by atoms with Gasteiger partial charge < -0.3 is 33.2 Å². The maximum atomic E-state index is 14.4. The van der Waals surface area contributed by atoms with Crippen LogP contribution in [0.15, 0.2) is 60.7 Å². The highest BCUT2D eigenvalue weighted by Crippen LogP contribution is 2.38. The number of alkyl halides is 3. The highest BCUT2D eigenvalue weighted by molar-refractivity contribution is 5.97. The van der Waals surface area contributed by atoms with E-state index in [4.69, 9.17) is 33.2 Å². The molecule has 0 bridgehead atoms. The van der Waals surface area contributed by atoms with Crippen molar-refractivity contribution in [1.29, 1.82) is 0 Å². The Hall–Kier alpha value is -3.87. The van der Waals surface area contributed by atoms with E-state index in [0.717, 1.165) is 19.1 Å². The van der Waals surface area contributed by atoms with Crippen LogP contribution in [0, 0.1) is 5.92 Å². The van der Waals surface area contributed by atoms with Crippen LogP contribution < -0.4 is 9.47 Å². The van der Waals surface area contributed by atoms with Gasteiger partial charge >= 0.3 is 18.1 Å². The fraction of sp³-hybridized carbons (Fsp3) is 0.438. The molecule has 0 radical (unpaired) electrons. The lowest BCUT2D eigenvalue weighted by molar-refractivity contribution is -0.182. The van der Waals surface area contributed by atoms with Gasteiger partial charge in [0.2, 0.25) is 0 Å². The van der Waals surface area contributed by atoms with Crippen LogP contribution in [-0.2, 0) is 23.7 Å². The molecule has 12 heteroatoms. The Bertz CT molecular complexity index is 1370. The molecule has 1 fully saturated rings. The Labute approximate surface area is 253 Å². The first-order valence-corrected chi connectivity index (χ1v) is 13.9. The molecule has 9 nitrogen and oxygen atoms in total. The summed E-state index contributed by atoms with van der Waals surface area (Å²) in [5, 5.41) is 0. The average molecular weight is 621 g/mol. The van der Waals surface area contributed by atoms with Crippen molar-refractivity contribution in [3.8, 4) is 11.5 Å². The predicted molar refractivity (Wildman–Crippen MR) is 152 cm³/mol. The fourth-order valence-electron chi connectivity index (χ4n) is 5.01. The summed E-state index contributed by atoms with van der Waals surface area (Å²) in [4.78, 5) is 26.5. The molecule has 2 heterocycles. The lowest BCUT2D eigenvalue weighted by Gasteiger charge is -2.27. The summed E-state index contributed by atoms with van der Waals surface area (Å²) in [6, 6.07) is 11.0. The van der Waals surface area contributed by atoms with Crippen LogP contribution in [0.25, 0.3) is 6.08 Å². The standard InChI is InChI=1S/C32H35F3O9/c1-19-23(32(33,34)35)14-15-24(42-29(36)20-10-7-6-8-11-20)28-25(43-31(2,3)44-28)13-9-12-21-16-22(39-5)17-26(40-18-38-4)27(21)30(37)41-19/h6-12,14-17,19,23-25,28H,13,18H2,1-5H3/b12-9?,15-14-. The van der Waals surface area contributed by atoms with Crippen LogP contribution in [0.4, 0.5) is 13.2 Å². The zero-order chi connectivity index (χ0) is 32.1. The van der Waals surface area contributed by atoms with Crippen LogP contribution >= 0.6 is 0 Å². The summed E-state index contributed by atoms with van der Waals surface area (Å²) < 4.78 is 82.4. The van der Waals surface area contributed by atoms with E-state index in [2.05, 4.69) is 0 Å². The Morgan fingerprint density at radius 1 is 1.07 bits per heavy atom. The quantitative estimate of drug-likeness (QED) is 0.215. The number of carbonyl (C=O) groups excluding carboxylic acids is 2. The number of hydrogen-bond acceptors (Lipinski definition) is 9. The van der Waals surface area contributed by atoms with Gasteiger partial charge in [-0.2, -0.15) is 13.2 Å². The molecule has 0 amide bonds. The summed E-state index contributed by atoms with van der Waals surface area (Å²) in [5.41, 5.74) is 0.371. The van der Waals surface area contributed by atoms with Crippen molar-refractivity contribution in [1.82, 2.24) is 0 Å². The third-order valence-electron chi connectivity index (χ3n) is 7.03. The number of ether oxygens (including phenoxy) is 7. The first-order valence-electron chi connectivity index (χ1n) is 13.9. The number of rotatable bonds is 6. The van der Waals surface area contributed by atoms with Crippen LogP contribution in [-0.4, -0.2) is 69.3 Å². The first kappa shape index (κ1) is 33.0. The zero-order valence-electron chi connectivity index (χ0n) is 25.0. The van der Waals surface area contributed by atoms with E-state index in [1.807, 2.05) is 0 Å². The summed E-state index contributed by atoms with van der Waals surface area (Å²) in [6.07, 6.45) is -4.09. The molecule has 0 aliphatic carbocycles. The van der Waals surface area contributed by atoms with E-state index in [9.17, 15) is 22.8 Å². The van der Waals surface area contributed by atoms with Crippen molar-refractivity contribution < 1.29 is 55.9 Å². The maximum absolute atomic E-state index is 14.4. The van der Waals surface area contributed by atoms with Gasteiger partial charge in [0.15, 0.2) is 12.6 Å². The molecule has 0 saturated carbocycles. The van der Waals surface area contributed by atoms with Crippen LogP contribution in [0.1, 0.15) is 53.5 Å². The second-order valence-corrected chi connectivity index (χ2v) is 10.7. The van der Waals surface area contributed by atoms with Crippen LogP contribution in [0.3, 0.4) is 0 Å². The maximum Gasteiger partial charge on any atom is 0.398 e. The van der Waals surface area contributed by atoms with Gasteiger partial charge in [0.25, 0.3) is 0 Å². The zero-order valence-corrected chi connectivity index (χ0v) is 25.0. The molecule has 0 spiro atoms. The normalized spacial score (nSPS) is 26.0.